The summed E-state index contributed by atoms with van der Waals surface area (Å²) in [5, 5.41) is 0.849. The summed E-state index contributed by atoms with van der Waals surface area (Å²) in [6.45, 7) is 5.93. The number of aromatic nitrogens is 2. The standard InChI is InChI=1S/C27H31ClN4O.CH4N2O/c1-27-12-4-3-9-23(27)32-22-11-10-18(26(33)31-14-6-13-30(2)15-16-31)17-21(22)29-25(32)19-7-5-8-20(28)24(19)27;2-1(3)4/h5,7-8,10-11,17,23H,3-4,6,9,12-16H2,1-2H3;(H4,2,3,4). The Labute approximate surface area is 222 Å². The van der Waals surface area contributed by atoms with Crippen LogP contribution in [0.1, 0.15) is 61.0 Å². The van der Waals surface area contributed by atoms with Crippen LogP contribution in [0.15, 0.2) is 36.4 Å². The van der Waals surface area contributed by atoms with Crippen molar-refractivity contribution in [3.63, 3.8) is 0 Å². The van der Waals surface area contributed by atoms with Gasteiger partial charge in [0.05, 0.1) is 11.0 Å². The molecule has 8 nitrogen and oxygen atoms in total. The third-order valence-electron chi connectivity index (χ3n) is 8.24. The average molecular weight is 523 g/mol. The molecule has 1 saturated heterocycles. The number of nitrogens with zero attached hydrogens (tertiary/aromatic N) is 4. The van der Waals surface area contributed by atoms with Crippen molar-refractivity contribution in [2.45, 2.75) is 50.5 Å². The second kappa shape index (κ2) is 9.99. The minimum Gasteiger partial charge on any atom is -0.352 e. The van der Waals surface area contributed by atoms with Crippen LogP contribution in [-0.4, -0.2) is 64.5 Å². The summed E-state index contributed by atoms with van der Waals surface area (Å²) in [6.07, 6.45) is 5.72. The van der Waals surface area contributed by atoms with Gasteiger partial charge in [-0.1, -0.05) is 43.5 Å². The lowest BCUT2D eigenvalue weighted by Gasteiger charge is -2.47. The number of fused-ring (bicyclic) bond motifs is 8. The van der Waals surface area contributed by atoms with Crippen LogP contribution < -0.4 is 11.5 Å². The lowest BCUT2D eigenvalue weighted by atomic mass is 9.64. The van der Waals surface area contributed by atoms with Gasteiger partial charge < -0.3 is 25.8 Å². The minimum absolute atomic E-state index is 0.000868. The molecule has 0 spiro atoms. The van der Waals surface area contributed by atoms with Crippen molar-refractivity contribution in [2.24, 2.45) is 11.5 Å². The fraction of sp³-hybridized carbons (Fsp3) is 0.464. The van der Waals surface area contributed by atoms with Gasteiger partial charge in [0.15, 0.2) is 0 Å². The molecule has 3 amide bonds. The molecule has 0 bridgehead atoms. The number of benzene rings is 2. The molecule has 4 N–H and O–H groups in total. The average Bonchev–Trinajstić information content (AvgIpc) is 3.10. The number of urea groups is 1. The lowest BCUT2D eigenvalue weighted by Crippen LogP contribution is -2.40. The van der Waals surface area contributed by atoms with E-state index in [4.69, 9.17) is 21.4 Å². The first kappa shape index (κ1) is 25.5. The number of halogens is 1. The summed E-state index contributed by atoms with van der Waals surface area (Å²) in [4.78, 5) is 31.7. The van der Waals surface area contributed by atoms with Crippen LogP contribution in [-0.2, 0) is 5.41 Å². The molecule has 196 valence electrons. The molecular formula is C28H35ClN6O2. The highest BCUT2D eigenvalue weighted by molar-refractivity contribution is 6.32. The third kappa shape index (κ3) is 4.57. The summed E-state index contributed by atoms with van der Waals surface area (Å²) in [7, 11) is 2.12. The minimum atomic E-state index is -0.833. The molecule has 2 atom stereocenters. The van der Waals surface area contributed by atoms with Crippen LogP contribution in [0.25, 0.3) is 22.4 Å². The maximum atomic E-state index is 13.3. The van der Waals surface area contributed by atoms with Crippen LogP contribution in [0.4, 0.5) is 4.79 Å². The first-order valence-electron chi connectivity index (χ1n) is 13.0. The molecule has 6 rings (SSSR count). The molecule has 1 aromatic heterocycles. The number of imidazole rings is 1. The molecule has 3 aromatic rings. The molecule has 1 saturated carbocycles. The van der Waals surface area contributed by atoms with Crippen LogP contribution in [0.5, 0.6) is 0 Å². The number of amides is 3. The normalized spacial score (nSPS) is 23.2. The van der Waals surface area contributed by atoms with E-state index in [1.165, 1.54) is 18.4 Å². The van der Waals surface area contributed by atoms with E-state index in [0.29, 0.717) is 6.04 Å². The summed E-state index contributed by atoms with van der Waals surface area (Å²) >= 11 is 6.80. The van der Waals surface area contributed by atoms with E-state index in [2.05, 4.69) is 47.0 Å². The van der Waals surface area contributed by atoms with Gasteiger partial charge in [-0.05, 0) is 62.7 Å². The highest BCUT2D eigenvalue weighted by Gasteiger charge is 2.46. The van der Waals surface area contributed by atoms with Gasteiger partial charge in [0.1, 0.15) is 5.82 Å². The molecule has 3 heterocycles. The van der Waals surface area contributed by atoms with Gasteiger partial charge >= 0.3 is 6.03 Å². The summed E-state index contributed by atoms with van der Waals surface area (Å²) in [5.74, 6) is 1.11. The van der Waals surface area contributed by atoms with Gasteiger partial charge in [-0.25, -0.2) is 9.78 Å². The van der Waals surface area contributed by atoms with Gasteiger partial charge in [0, 0.05) is 47.2 Å². The molecule has 0 radical (unpaired) electrons. The zero-order chi connectivity index (χ0) is 26.3. The summed E-state index contributed by atoms with van der Waals surface area (Å²) < 4.78 is 2.45. The van der Waals surface area contributed by atoms with E-state index >= 15 is 0 Å². The monoisotopic (exact) mass is 522 g/mol. The highest BCUT2D eigenvalue weighted by Crippen LogP contribution is 2.56. The quantitative estimate of drug-likeness (QED) is 0.488. The Morgan fingerprint density at radius 3 is 2.62 bits per heavy atom. The van der Waals surface area contributed by atoms with E-state index < -0.39 is 6.03 Å². The Morgan fingerprint density at radius 1 is 1.05 bits per heavy atom. The van der Waals surface area contributed by atoms with Gasteiger partial charge in [-0.15, -0.1) is 0 Å². The predicted molar refractivity (Wildman–Crippen MR) is 147 cm³/mol. The van der Waals surface area contributed by atoms with Crippen LogP contribution in [0, 0.1) is 0 Å². The zero-order valence-corrected chi connectivity index (χ0v) is 22.3. The van der Waals surface area contributed by atoms with Crippen molar-refractivity contribution in [1.82, 2.24) is 19.4 Å². The fourth-order valence-electron chi connectivity index (χ4n) is 6.48. The molecule has 2 aromatic carbocycles. The molecule has 9 heteroatoms. The molecule has 37 heavy (non-hydrogen) atoms. The highest BCUT2D eigenvalue weighted by atomic mass is 35.5. The maximum Gasteiger partial charge on any atom is 0.309 e. The Balaban J connectivity index is 0.000000655. The Kier molecular flexibility index (Phi) is 6.89. The molecule has 2 unspecified atom stereocenters. The first-order chi connectivity index (χ1) is 17.7. The van der Waals surface area contributed by atoms with Crippen molar-refractivity contribution in [3.8, 4) is 11.4 Å². The number of carbonyl (C=O) groups is 2. The maximum absolute atomic E-state index is 13.3. The smallest absolute Gasteiger partial charge is 0.309 e. The van der Waals surface area contributed by atoms with E-state index in [9.17, 15) is 4.79 Å². The third-order valence-corrected chi connectivity index (χ3v) is 8.55. The van der Waals surface area contributed by atoms with Crippen molar-refractivity contribution in [1.29, 1.82) is 0 Å². The number of hydrogen-bond acceptors (Lipinski definition) is 4. The second-order valence-electron chi connectivity index (χ2n) is 10.7. The summed E-state index contributed by atoms with van der Waals surface area (Å²) in [6, 6.07) is 11.8. The number of rotatable bonds is 1. The van der Waals surface area contributed by atoms with Crippen molar-refractivity contribution in [2.75, 3.05) is 33.2 Å². The zero-order valence-electron chi connectivity index (χ0n) is 21.5. The molecule has 2 fully saturated rings. The number of likely N-dealkylation sites (N-methyl/N-ethyl adjacent to an activating group) is 1. The largest absolute Gasteiger partial charge is 0.352 e. The van der Waals surface area contributed by atoms with E-state index in [1.807, 2.05) is 29.2 Å². The predicted octanol–water partition coefficient (Wildman–Crippen LogP) is 4.54. The van der Waals surface area contributed by atoms with Crippen molar-refractivity contribution in [3.05, 3.63) is 52.5 Å². The number of nitrogens with two attached hydrogens (primary N) is 2. The Bertz CT molecular complexity index is 1350. The molecule has 2 aliphatic heterocycles. The van der Waals surface area contributed by atoms with Crippen LogP contribution in [0.2, 0.25) is 5.02 Å². The molecule has 3 aliphatic rings. The van der Waals surface area contributed by atoms with Crippen LogP contribution >= 0.6 is 11.6 Å². The number of primary amides is 2. The van der Waals surface area contributed by atoms with Gasteiger partial charge in [0.2, 0.25) is 0 Å². The van der Waals surface area contributed by atoms with E-state index in [0.717, 1.165) is 78.4 Å². The topological polar surface area (TPSA) is 110 Å². The van der Waals surface area contributed by atoms with Gasteiger partial charge in [-0.2, -0.15) is 0 Å². The molecular weight excluding hydrogens is 488 g/mol. The Morgan fingerprint density at radius 2 is 1.84 bits per heavy atom. The van der Waals surface area contributed by atoms with E-state index in [-0.39, 0.29) is 11.3 Å². The second-order valence-corrected chi connectivity index (χ2v) is 11.1. The van der Waals surface area contributed by atoms with Gasteiger partial charge in [-0.3, -0.25) is 4.79 Å². The van der Waals surface area contributed by atoms with Crippen LogP contribution in [0.3, 0.4) is 0 Å². The first-order valence-corrected chi connectivity index (χ1v) is 13.4. The fourth-order valence-corrected chi connectivity index (χ4v) is 6.87. The van der Waals surface area contributed by atoms with Gasteiger partial charge in [0.25, 0.3) is 5.91 Å². The number of hydrogen-bond donors (Lipinski definition) is 2. The Hall–Kier alpha value is -3.10. The van der Waals surface area contributed by atoms with E-state index in [1.54, 1.807) is 0 Å². The van der Waals surface area contributed by atoms with Crippen molar-refractivity contribution < 1.29 is 9.59 Å². The number of carbonyl (C=O) groups excluding carboxylic acids is 2. The SMILES string of the molecule is CN1CCCN(C(=O)c2ccc3c(c2)nc2n3C3CCCCC3(C)c3c(Cl)cccc3-2)CC1.NC(N)=O. The lowest BCUT2D eigenvalue weighted by molar-refractivity contribution is 0.0763. The molecule has 1 aliphatic carbocycles. The van der Waals surface area contributed by atoms with Crippen molar-refractivity contribution >= 4 is 34.6 Å². The summed E-state index contributed by atoms with van der Waals surface area (Å²) in [5.41, 5.74) is 13.7.